The first-order valence-electron chi connectivity index (χ1n) is 9.38. The van der Waals surface area contributed by atoms with Crippen LogP contribution < -0.4 is 5.32 Å². The summed E-state index contributed by atoms with van der Waals surface area (Å²) in [6, 6.07) is 7.71. The summed E-state index contributed by atoms with van der Waals surface area (Å²) >= 11 is 0. The molecule has 1 amide bonds. The average molecular weight is 429 g/mol. The van der Waals surface area contributed by atoms with Crippen molar-refractivity contribution in [3.63, 3.8) is 0 Å². The van der Waals surface area contributed by atoms with Gasteiger partial charge in [-0.25, -0.2) is 9.67 Å². The molecule has 0 spiro atoms. The largest absolute Gasteiger partial charge is 0.417 e. The predicted octanol–water partition coefficient (Wildman–Crippen LogP) is 2.80. The average Bonchev–Trinajstić information content (AvgIpc) is 3.28. The third kappa shape index (κ3) is 4.11. The van der Waals surface area contributed by atoms with Crippen molar-refractivity contribution in [1.29, 1.82) is 0 Å². The quantitative estimate of drug-likeness (QED) is 0.527. The molecule has 0 bridgehead atoms. The lowest BCUT2D eigenvalue weighted by Gasteiger charge is -2.08. The van der Waals surface area contributed by atoms with Crippen LogP contribution in [0.2, 0.25) is 0 Å². The summed E-state index contributed by atoms with van der Waals surface area (Å²) in [5, 5.41) is 15.3. The molecule has 4 heterocycles. The number of halogens is 3. The number of carbonyl (C=O) groups excluding carboxylic acids is 1. The fourth-order valence-corrected chi connectivity index (χ4v) is 3.25. The van der Waals surface area contributed by atoms with Gasteiger partial charge in [0.05, 0.1) is 24.2 Å². The lowest BCUT2D eigenvalue weighted by Crippen LogP contribution is -2.26. The van der Waals surface area contributed by atoms with Crippen molar-refractivity contribution in [2.45, 2.75) is 33.0 Å². The number of nitrogens with zero attached hydrogens (tertiary/aromatic N) is 6. The molecule has 0 aliphatic heterocycles. The number of aryl methyl sites for hydroxylation is 1. The standard InChI is InChI=1S/C20H18F3N7O/c1-12-15(9-19(31)25-11-18-27-26-17-5-3-4-8-29(17)18)13(2)30(28-12)16-7-6-14(10-24-16)20(21,22)23/h3-8,10H,9,11H2,1-2H3,(H,25,31). The second kappa shape index (κ2) is 7.82. The molecule has 0 saturated carbocycles. The third-order valence-corrected chi connectivity index (χ3v) is 4.90. The number of pyridine rings is 2. The van der Waals surface area contributed by atoms with Crippen molar-refractivity contribution in [3.8, 4) is 5.82 Å². The predicted molar refractivity (Wildman–Crippen MR) is 104 cm³/mol. The smallest absolute Gasteiger partial charge is 0.348 e. The normalized spacial score (nSPS) is 11.8. The van der Waals surface area contributed by atoms with Gasteiger partial charge in [0.1, 0.15) is 0 Å². The molecule has 31 heavy (non-hydrogen) atoms. The van der Waals surface area contributed by atoms with Crippen molar-refractivity contribution in [1.82, 2.24) is 34.7 Å². The van der Waals surface area contributed by atoms with Crippen LogP contribution >= 0.6 is 0 Å². The fraction of sp³-hybridized carbons (Fsp3) is 0.250. The van der Waals surface area contributed by atoms with Crippen LogP contribution in [-0.4, -0.2) is 35.3 Å². The van der Waals surface area contributed by atoms with Gasteiger partial charge in [-0.1, -0.05) is 6.07 Å². The zero-order valence-electron chi connectivity index (χ0n) is 16.7. The van der Waals surface area contributed by atoms with Gasteiger partial charge in [0.15, 0.2) is 17.3 Å². The van der Waals surface area contributed by atoms with Gasteiger partial charge in [0, 0.05) is 23.7 Å². The van der Waals surface area contributed by atoms with Crippen LogP contribution in [0.3, 0.4) is 0 Å². The van der Waals surface area contributed by atoms with Crippen LogP contribution in [0, 0.1) is 13.8 Å². The Morgan fingerprint density at radius 3 is 2.65 bits per heavy atom. The molecule has 160 valence electrons. The highest BCUT2D eigenvalue weighted by Gasteiger charge is 2.31. The summed E-state index contributed by atoms with van der Waals surface area (Å²) < 4.78 is 41.5. The summed E-state index contributed by atoms with van der Waals surface area (Å²) in [4.78, 5) is 16.4. The minimum atomic E-state index is -4.46. The first-order valence-corrected chi connectivity index (χ1v) is 9.38. The number of rotatable bonds is 5. The Morgan fingerprint density at radius 1 is 1.13 bits per heavy atom. The van der Waals surface area contributed by atoms with E-state index < -0.39 is 11.7 Å². The van der Waals surface area contributed by atoms with Crippen molar-refractivity contribution in [2.24, 2.45) is 0 Å². The number of amides is 1. The molecule has 4 rings (SSSR count). The van der Waals surface area contributed by atoms with Crippen molar-refractivity contribution in [3.05, 3.63) is 71.1 Å². The summed E-state index contributed by atoms with van der Waals surface area (Å²) in [5.74, 6) is 0.607. The SMILES string of the molecule is Cc1nn(-c2ccc(C(F)(F)F)cn2)c(C)c1CC(=O)NCc1nnc2ccccn12. The number of nitrogens with one attached hydrogen (secondary N) is 1. The van der Waals surface area contributed by atoms with Gasteiger partial charge in [-0.2, -0.15) is 18.3 Å². The van der Waals surface area contributed by atoms with E-state index in [1.54, 1.807) is 18.2 Å². The van der Waals surface area contributed by atoms with Crippen LogP contribution in [0.15, 0.2) is 42.7 Å². The highest BCUT2D eigenvalue weighted by atomic mass is 19.4. The minimum absolute atomic E-state index is 0.0645. The van der Waals surface area contributed by atoms with Gasteiger partial charge < -0.3 is 5.32 Å². The monoisotopic (exact) mass is 429 g/mol. The van der Waals surface area contributed by atoms with Gasteiger partial charge in [0.2, 0.25) is 5.91 Å². The van der Waals surface area contributed by atoms with Crippen molar-refractivity contribution < 1.29 is 18.0 Å². The highest BCUT2D eigenvalue weighted by Crippen LogP contribution is 2.29. The molecule has 11 heteroatoms. The summed E-state index contributed by atoms with van der Waals surface area (Å²) in [6.07, 6.45) is -1.82. The fourth-order valence-electron chi connectivity index (χ4n) is 3.25. The zero-order valence-corrected chi connectivity index (χ0v) is 16.7. The molecule has 1 N–H and O–H groups in total. The Bertz CT molecular complexity index is 1240. The molecule has 0 aliphatic carbocycles. The lowest BCUT2D eigenvalue weighted by molar-refractivity contribution is -0.137. The molecule has 8 nitrogen and oxygen atoms in total. The van der Waals surface area contributed by atoms with Crippen LogP contribution in [0.4, 0.5) is 13.2 Å². The van der Waals surface area contributed by atoms with E-state index in [0.717, 1.165) is 12.3 Å². The Labute approximate surface area is 174 Å². The molecule has 0 aliphatic rings. The number of aromatic nitrogens is 6. The van der Waals surface area contributed by atoms with Crippen LogP contribution in [0.25, 0.3) is 11.5 Å². The van der Waals surface area contributed by atoms with E-state index in [-0.39, 0.29) is 24.7 Å². The third-order valence-electron chi connectivity index (χ3n) is 4.90. The van der Waals surface area contributed by atoms with Gasteiger partial charge >= 0.3 is 6.18 Å². The van der Waals surface area contributed by atoms with E-state index in [2.05, 4.69) is 25.6 Å². The Kier molecular flexibility index (Phi) is 5.17. The molecule has 0 radical (unpaired) electrons. The molecular formula is C20H18F3N7O. The summed E-state index contributed by atoms with van der Waals surface area (Å²) in [5.41, 5.74) is 1.77. The molecule has 0 atom stereocenters. The molecule has 0 fully saturated rings. The van der Waals surface area contributed by atoms with Crippen molar-refractivity contribution in [2.75, 3.05) is 0 Å². The van der Waals surface area contributed by atoms with Crippen molar-refractivity contribution >= 4 is 11.6 Å². The van der Waals surface area contributed by atoms with Crippen LogP contribution in [-0.2, 0) is 23.9 Å². The molecule has 4 aromatic heterocycles. The Morgan fingerprint density at radius 2 is 1.94 bits per heavy atom. The number of hydrogen-bond acceptors (Lipinski definition) is 5. The maximum atomic E-state index is 12.8. The van der Waals surface area contributed by atoms with E-state index in [0.29, 0.717) is 28.4 Å². The zero-order chi connectivity index (χ0) is 22.2. The van der Waals surface area contributed by atoms with Crippen LogP contribution in [0.1, 0.15) is 28.3 Å². The van der Waals surface area contributed by atoms with Gasteiger partial charge in [-0.3, -0.25) is 9.20 Å². The van der Waals surface area contributed by atoms with E-state index in [1.165, 1.54) is 10.7 Å². The highest BCUT2D eigenvalue weighted by molar-refractivity contribution is 5.79. The molecule has 4 aromatic rings. The number of hydrogen-bond donors (Lipinski definition) is 1. The second-order valence-corrected chi connectivity index (χ2v) is 6.96. The van der Waals surface area contributed by atoms with Gasteiger partial charge in [-0.05, 0) is 38.1 Å². The Balaban J connectivity index is 1.47. The lowest BCUT2D eigenvalue weighted by atomic mass is 10.1. The number of fused-ring (bicyclic) bond motifs is 1. The maximum absolute atomic E-state index is 12.8. The topological polar surface area (TPSA) is 90.0 Å². The van der Waals surface area contributed by atoms with Gasteiger partial charge in [0.25, 0.3) is 0 Å². The summed E-state index contributed by atoms with van der Waals surface area (Å²) in [6.45, 7) is 3.69. The van der Waals surface area contributed by atoms with E-state index in [9.17, 15) is 18.0 Å². The molecule has 0 unspecified atom stereocenters. The van der Waals surface area contributed by atoms with Crippen LogP contribution in [0.5, 0.6) is 0 Å². The number of alkyl halides is 3. The van der Waals surface area contributed by atoms with E-state index in [1.807, 2.05) is 24.4 Å². The van der Waals surface area contributed by atoms with Gasteiger partial charge in [-0.15, -0.1) is 10.2 Å². The minimum Gasteiger partial charge on any atom is -0.348 e. The first-order chi connectivity index (χ1) is 14.7. The van der Waals surface area contributed by atoms with E-state index >= 15 is 0 Å². The summed E-state index contributed by atoms with van der Waals surface area (Å²) in [7, 11) is 0. The molecule has 0 saturated heterocycles. The first kappa shape index (κ1) is 20.5. The molecular weight excluding hydrogens is 411 g/mol. The maximum Gasteiger partial charge on any atom is 0.417 e. The second-order valence-electron chi connectivity index (χ2n) is 6.96. The Hall–Kier alpha value is -3.76. The number of carbonyl (C=O) groups is 1. The molecule has 0 aromatic carbocycles. The van der Waals surface area contributed by atoms with E-state index in [4.69, 9.17) is 0 Å².